The molecular formula is C17H17N3O4S2. The van der Waals surface area contributed by atoms with Crippen molar-refractivity contribution in [2.24, 2.45) is 0 Å². The van der Waals surface area contributed by atoms with Gasteiger partial charge in [0.1, 0.15) is 16.2 Å². The standard InChI is InChI=1S/C17H17N3O4S2/c1-4-24-17(23)13-9(2)10(3)26-15(13)19-12(21)7-20-8-18-11-5-6-25-14(11)16(20)22/h5-6,8H,4,7H2,1-3H3,(H,19,21). The van der Waals surface area contributed by atoms with Crippen molar-refractivity contribution >= 4 is 49.8 Å². The lowest BCUT2D eigenvalue weighted by molar-refractivity contribution is -0.116. The molecule has 26 heavy (non-hydrogen) atoms. The zero-order valence-corrected chi connectivity index (χ0v) is 16.1. The summed E-state index contributed by atoms with van der Waals surface area (Å²) >= 11 is 2.60. The second-order valence-electron chi connectivity index (χ2n) is 5.57. The number of thiophene rings is 2. The third kappa shape index (κ3) is 3.40. The lowest BCUT2D eigenvalue weighted by Gasteiger charge is -2.08. The Morgan fingerprint density at radius 3 is 2.85 bits per heavy atom. The number of carbonyl (C=O) groups is 2. The Morgan fingerprint density at radius 1 is 1.35 bits per heavy atom. The predicted molar refractivity (Wildman–Crippen MR) is 102 cm³/mol. The van der Waals surface area contributed by atoms with Crippen LogP contribution in [-0.4, -0.2) is 28.0 Å². The summed E-state index contributed by atoms with van der Waals surface area (Å²) in [5.41, 5.74) is 1.50. The molecule has 3 aromatic heterocycles. The van der Waals surface area contributed by atoms with Crippen LogP contribution < -0.4 is 10.9 Å². The SMILES string of the molecule is CCOC(=O)c1c(NC(=O)Cn2cnc3ccsc3c2=O)sc(C)c1C. The largest absolute Gasteiger partial charge is 0.462 e. The van der Waals surface area contributed by atoms with E-state index < -0.39 is 11.9 Å². The average molecular weight is 391 g/mol. The molecular weight excluding hydrogens is 374 g/mol. The van der Waals surface area contributed by atoms with Gasteiger partial charge < -0.3 is 10.1 Å². The lowest BCUT2D eigenvalue weighted by Crippen LogP contribution is -2.27. The van der Waals surface area contributed by atoms with Crippen molar-refractivity contribution < 1.29 is 14.3 Å². The molecule has 9 heteroatoms. The number of nitrogens with one attached hydrogen (secondary N) is 1. The zero-order chi connectivity index (χ0) is 18.8. The molecule has 0 spiro atoms. The average Bonchev–Trinajstić information content (AvgIpc) is 3.16. The number of hydrogen-bond donors (Lipinski definition) is 1. The van der Waals surface area contributed by atoms with Crippen molar-refractivity contribution in [2.75, 3.05) is 11.9 Å². The lowest BCUT2D eigenvalue weighted by atomic mass is 10.1. The van der Waals surface area contributed by atoms with Crippen LogP contribution in [0, 0.1) is 13.8 Å². The van der Waals surface area contributed by atoms with Gasteiger partial charge in [0.05, 0.1) is 24.0 Å². The van der Waals surface area contributed by atoms with Crippen molar-refractivity contribution in [1.82, 2.24) is 9.55 Å². The van der Waals surface area contributed by atoms with Crippen molar-refractivity contribution in [3.05, 3.63) is 44.1 Å². The molecule has 0 atom stereocenters. The number of rotatable bonds is 5. The summed E-state index contributed by atoms with van der Waals surface area (Å²) < 4.78 is 6.84. The van der Waals surface area contributed by atoms with Crippen LogP contribution in [0.2, 0.25) is 0 Å². The first kappa shape index (κ1) is 18.3. The van der Waals surface area contributed by atoms with Crippen LogP contribution in [0.4, 0.5) is 5.00 Å². The molecule has 0 unspecified atom stereocenters. The van der Waals surface area contributed by atoms with Crippen LogP contribution in [0.15, 0.2) is 22.6 Å². The Hall–Kier alpha value is -2.52. The van der Waals surface area contributed by atoms with Crippen molar-refractivity contribution in [3.8, 4) is 0 Å². The summed E-state index contributed by atoms with van der Waals surface area (Å²) in [5, 5.41) is 4.94. The van der Waals surface area contributed by atoms with Crippen LogP contribution in [0.3, 0.4) is 0 Å². The van der Waals surface area contributed by atoms with E-state index in [2.05, 4.69) is 10.3 Å². The third-order valence-electron chi connectivity index (χ3n) is 3.87. The first-order valence-electron chi connectivity index (χ1n) is 7.92. The molecule has 0 radical (unpaired) electrons. The normalized spacial score (nSPS) is 10.9. The number of esters is 1. The molecule has 0 aliphatic carbocycles. The van der Waals surface area contributed by atoms with E-state index in [0.717, 1.165) is 10.4 Å². The number of fused-ring (bicyclic) bond motifs is 1. The fourth-order valence-electron chi connectivity index (χ4n) is 2.48. The van der Waals surface area contributed by atoms with Gasteiger partial charge in [-0.15, -0.1) is 22.7 Å². The number of ether oxygens (including phenoxy) is 1. The van der Waals surface area contributed by atoms with Gasteiger partial charge >= 0.3 is 5.97 Å². The number of aromatic nitrogens is 2. The van der Waals surface area contributed by atoms with Gasteiger partial charge in [-0.05, 0) is 37.8 Å². The Balaban J connectivity index is 1.84. The van der Waals surface area contributed by atoms with Gasteiger partial charge in [0, 0.05) is 4.88 Å². The summed E-state index contributed by atoms with van der Waals surface area (Å²) in [6.07, 6.45) is 1.36. The van der Waals surface area contributed by atoms with Crippen LogP contribution in [0.1, 0.15) is 27.7 Å². The molecule has 0 saturated heterocycles. The smallest absolute Gasteiger partial charge is 0.341 e. The molecule has 0 aromatic carbocycles. The number of anilines is 1. The van der Waals surface area contributed by atoms with Gasteiger partial charge in [0.2, 0.25) is 5.91 Å². The maximum atomic E-state index is 12.4. The molecule has 3 rings (SSSR count). The molecule has 136 valence electrons. The minimum absolute atomic E-state index is 0.183. The van der Waals surface area contributed by atoms with E-state index in [1.54, 1.807) is 18.4 Å². The number of hydrogen-bond acceptors (Lipinski definition) is 7. The van der Waals surface area contributed by atoms with E-state index >= 15 is 0 Å². The summed E-state index contributed by atoms with van der Waals surface area (Å²) in [6, 6.07) is 1.76. The summed E-state index contributed by atoms with van der Waals surface area (Å²) in [4.78, 5) is 42.1. The number of aryl methyl sites for hydroxylation is 1. The van der Waals surface area contributed by atoms with Crippen LogP contribution >= 0.6 is 22.7 Å². The number of carbonyl (C=O) groups excluding carboxylic acids is 2. The van der Waals surface area contributed by atoms with Crippen molar-refractivity contribution in [1.29, 1.82) is 0 Å². The molecule has 1 N–H and O–H groups in total. The molecule has 0 fully saturated rings. The molecule has 7 nitrogen and oxygen atoms in total. The van der Waals surface area contributed by atoms with E-state index in [9.17, 15) is 14.4 Å². The van der Waals surface area contributed by atoms with E-state index in [4.69, 9.17) is 4.74 Å². The second-order valence-corrected chi connectivity index (χ2v) is 7.71. The highest BCUT2D eigenvalue weighted by molar-refractivity contribution is 7.17. The molecule has 0 aliphatic rings. The summed E-state index contributed by atoms with van der Waals surface area (Å²) in [7, 11) is 0. The predicted octanol–water partition coefficient (Wildman–Crippen LogP) is 2.95. The second kappa shape index (κ2) is 7.38. The maximum absolute atomic E-state index is 12.4. The number of amides is 1. The zero-order valence-electron chi connectivity index (χ0n) is 14.5. The third-order valence-corrected chi connectivity index (χ3v) is 5.88. The number of nitrogens with zero attached hydrogens (tertiary/aromatic N) is 2. The fourth-order valence-corrected chi connectivity index (χ4v) is 4.33. The first-order chi connectivity index (χ1) is 12.4. The molecule has 3 heterocycles. The quantitative estimate of drug-likeness (QED) is 0.676. The minimum Gasteiger partial charge on any atom is -0.462 e. The Kier molecular flexibility index (Phi) is 5.19. The van der Waals surface area contributed by atoms with Gasteiger partial charge in [0.15, 0.2) is 0 Å². The summed E-state index contributed by atoms with van der Waals surface area (Å²) in [6.45, 7) is 5.48. The minimum atomic E-state index is -0.469. The van der Waals surface area contributed by atoms with Crippen LogP contribution in [0.25, 0.3) is 10.2 Å². The van der Waals surface area contributed by atoms with Crippen LogP contribution in [0.5, 0.6) is 0 Å². The van der Waals surface area contributed by atoms with E-state index in [-0.39, 0.29) is 18.7 Å². The van der Waals surface area contributed by atoms with E-state index in [1.165, 1.54) is 33.6 Å². The Bertz CT molecular complexity index is 1050. The molecule has 1 amide bonds. The Morgan fingerprint density at radius 2 is 2.12 bits per heavy atom. The molecule has 0 aliphatic heterocycles. The van der Waals surface area contributed by atoms with Gasteiger partial charge in [-0.1, -0.05) is 0 Å². The highest BCUT2D eigenvalue weighted by Crippen LogP contribution is 2.33. The Labute approximate surface area is 157 Å². The van der Waals surface area contributed by atoms with Crippen molar-refractivity contribution in [2.45, 2.75) is 27.3 Å². The van der Waals surface area contributed by atoms with Crippen LogP contribution in [-0.2, 0) is 16.1 Å². The maximum Gasteiger partial charge on any atom is 0.341 e. The van der Waals surface area contributed by atoms with Gasteiger partial charge in [-0.25, -0.2) is 9.78 Å². The molecule has 3 aromatic rings. The van der Waals surface area contributed by atoms with E-state index in [1.807, 2.05) is 13.8 Å². The first-order valence-corrected chi connectivity index (χ1v) is 9.61. The highest BCUT2D eigenvalue weighted by atomic mass is 32.1. The monoisotopic (exact) mass is 391 g/mol. The van der Waals surface area contributed by atoms with Gasteiger partial charge in [-0.2, -0.15) is 0 Å². The van der Waals surface area contributed by atoms with Crippen molar-refractivity contribution in [3.63, 3.8) is 0 Å². The summed E-state index contributed by atoms with van der Waals surface area (Å²) in [5.74, 6) is -0.875. The fraction of sp³-hybridized carbons (Fsp3) is 0.294. The van der Waals surface area contributed by atoms with Gasteiger partial charge in [-0.3, -0.25) is 14.2 Å². The molecule has 0 bridgehead atoms. The van der Waals surface area contributed by atoms with Gasteiger partial charge in [0.25, 0.3) is 5.56 Å². The molecule has 0 saturated carbocycles. The topological polar surface area (TPSA) is 90.3 Å². The highest BCUT2D eigenvalue weighted by Gasteiger charge is 2.22. The van der Waals surface area contributed by atoms with E-state index in [0.29, 0.717) is 20.8 Å².